The van der Waals surface area contributed by atoms with Gasteiger partial charge in [-0.15, -0.1) is 16.7 Å². The van der Waals surface area contributed by atoms with Crippen molar-refractivity contribution in [3.63, 3.8) is 0 Å². The molecule has 0 aromatic carbocycles. The lowest BCUT2D eigenvalue weighted by atomic mass is 10.6. The number of rotatable bonds is 2. The van der Waals surface area contributed by atoms with Crippen molar-refractivity contribution in [1.82, 2.24) is 15.0 Å². The van der Waals surface area contributed by atoms with Crippen LogP contribution in [0.1, 0.15) is 5.69 Å². The maximum atomic E-state index is 5.48. The molecule has 0 spiro atoms. The Morgan fingerprint density at radius 2 is 2.56 bits per heavy atom. The van der Waals surface area contributed by atoms with Gasteiger partial charge in [0.1, 0.15) is 0 Å². The summed E-state index contributed by atoms with van der Waals surface area (Å²) < 4.78 is 2.56. The Labute approximate surface area is 71.5 Å². The quantitative estimate of drug-likeness (QED) is 0.592. The van der Waals surface area contributed by atoms with Crippen LogP contribution in [-0.4, -0.2) is 15.0 Å². The first-order valence-electron chi connectivity index (χ1n) is 2.37. The van der Waals surface area contributed by atoms with Gasteiger partial charge in [0.15, 0.2) is 0 Å². The average Bonchev–Trinajstić information content (AvgIpc) is 2.34. The van der Waals surface area contributed by atoms with Crippen molar-refractivity contribution in [2.45, 2.75) is 10.4 Å². The second-order valence-electron chi connectivity index (χ2n) is 1.50. The van der Waals surface area contributed by atoms with E-state index >= 15 is 0 Å². The molecule has 9 heavy (non-hydrogen) atoms. The second kappa shape index (κ2) is 3.36. The Bertz CT molecular complexity index is 169. The summed E-state index contributed by atoms with van der Waals surface area (Å²) in [6.45, 7) is 0. The van der Waals surface area contributed by atoms with E-state index in [1.54, 1.807) is 4.68 Å². The molecule has 0 unspecified atom stereocenters. The third-order valence-corrected chi connectivity index (χ3v) is 1.82. The zero-order valence-corrected chi connectivity index (χ0v) is 7.50. The molecule has 0 aliphatic rings. The summed E-state index contributed by atoms with van der Waals surface area (Å²) in [6, 6.07) is 0. The third kappa shape index (κ3) is 1.79. The minimum atomic E-state index is 0.441. The number of alkyl halides is 2. The lowest BCUT2D eigenvalue weighted by molar-refractivity contribution is 0.714. The van der Waals surface area contributed by atoms with Crippen molar-refractivity contribution in [1.29, 1.82) is 0 Å². The average molecular weight is 257 g/mol. The summed E-state index contributed by atoms with van der Waals surface area (Å²) in [7, 11) is 0. The molecular formula is C4H5ClIN3. The maximum Gasteiger partial charge on any atom is 0.0974 e. The van der Waals surface area contributed by atoms with E-state index in [-0.39, 0.29) is 0 Å². The van der Waals surface area contributed by atoms with Gasteiger partial charge < -0.3 is 0 Å². The van der Waals surface area contributed by atoms with Gasteiger partial charge >= 0.3 is 0 Å². The summed E-state index contributed by atoms with van der Waals surface area (Å²) >= 11 is 7.68. The highest BCUT2D eigenvalue weighted by atomic mass is 127. The van der Waals surface area contributed by atoms with Crippen molar-refractivity contribution in [3.8, 4) is 0 Å². The van der Waals surface area contributed by atoms with Crippen LogP contribution in [-0.2, 0) is 10.4 Å². The first kappa shape index (κ1) is 7.27. The minimum Gasteiger partial charge on any atom is -0.242 e. The summed E-state index contributed by atoms with van der Waals surface area (Å²) in [5.74, 6) is 0.441. The number of hydrogen-bond acceptors (Lipinski definition) is 2. The lowest BCUT2D eigenvalue weighted by Gasteiger charge is -1.84. The molecule has 0 saturated heterocycles. The van der Waals surface area contributed by atoms with Crippen LogP contribution in [0.15, 0.2) is 6.20 Å². The van der Waals surface area contributed by atoms with Gasteiger partial charge in [-0.05, 0) is 0 Å². The van der Waals surface area contributed by atoms with Gasteiger partial charge in [-0.2, -0.15) is 0 Å². The number of hydrogen-bond donors (Lipinski definition) is 0. The predicted octanol–water partition coefficient (Wildman–Crippen LogP) is 1.41. The SMILES string of the molecule is ClCc1cn(CI)nn1. The van der Waals surface area contributed by atoms with Gasteiger partial charge in [0, 0.05) is 0 Å². The first-order valence-corrected chi connectivity index (χ1v) is 4.43. The molecule has 0 N–H and O–H groups in total. The highest BCUT2D eigenvalue weighted by Crippen LogP contribution is 1.98. The van der Waals surface area contributed by atoms with Gasteiger partial charge in [0.2, 0.25) is 0 Å². The number of nitrogens with zero attached hydrogens (tertiary/aromatic N) is 3. The zero-order chi connectivity index (χ0) is 6.69. The third-order valence-electron chi connectivity index (χ3n) is 0.845. The number of halogens is 2. The van der Waals surface area contributed by atoms with E-state index in [4.69, 9.17) is 11.6 Å². The van der Waals surface area contributed by atoms with Crippen molar-refractivity contribution in [3.05, 3.63) is 11.9 Å². The van der Waals surface area contributed by atoms with Crippen LogP contribution in [0.3, 0.4) is 0 Å². The number of aromatic nitrogens is 3. The largest absolute Gasteiger partial charge is 0.242 e. The maximum absolute atomic E-state index is 5.48. The Kier molecular flexibility index (Phi) is 2.71. The molecule has 0 saturated carbocycles. The molecule has 1 heterocycles. The molecule has 0 aliphatic carbocycles. The fourth-order valence-corrected chi connectivity index (χ4v) is 0.914. The van der Waals surface area contributed by atoms with E-state index in [0.717, 1.165) is 10.2 Å². The van der Waals surface area contributed by atoms with E-state index in [1.165, 1.54) is 0 Å². The van der Waals surface area contributed by atoms with Crippen LogP contribution >= 0.6 is 34.2 Å². The van der Waals surface area contributed by atoms with E-state index < -0.39 is 0 Å². The predicted molar refractivity (Wildman–Crippen MR) is 43.6 cm³/mol. The van der Waals surface area contributed by atoms with E-state index in [2.05, 4.69) is 32.9 Å². The zero-order valence-electron chi connectivity index (χ0n) is 4.59. The Morgan fingerprint density at radius 3 is 2.89 bits per heavy atom. The Hall–Kier alpha value is 0.160. The van der Waals surface area contributed by atoms with Gasteiger partial charge in [0.25, 0.3) is 0 Å². The van der Waals surface area contributed by atoms with Crippen molar-refractivity contribution in [2.24, 2.45) is 0 Å². The van der Waals surface area contributed by atoms with Crippen LogP contribution in [0, 0.1) is 0 Å². The van der Waals surface area contributed by atoms with Crippen molar-refractivity contribution < 1.29 is 0 Å². The van der Waals surface area contributed by atoms with Crippen LogP contribution in [0.2, 0.25) is 0 Å². The molecule has 1 aromatic heterocycles. The molecule has 0 aliphatic heterocycles. The second-order valence-corrected chi connectivity index (χ2v) is 2.45. The molecule has 1 aromatic rings. The van der Waals surface area contributed by atoms with Crippen LogP contribution < -0.4 is 0 Å². The first-order chi connectivity index (χ1) is 4.36. The van der Waals surface area contributed by atoms with Gasteiger partial charge in [-0.1, -0.05) is 27.8 Å². The summed E-state index contributed by atoms with van der Waals surface area (Å²) in [4.78, 5) is 0. The van der Waals surface area contributed by atoms with E-state index in [0.29, 0.717) is 5.88 Å². The highest BCUT2D eigenvalue weighted by Gasteiger charge is 1.94. The van der Waals surface area contributed by atoms with E-state index in [9.17, 15) is 0 Å². The Balaban J connectivity index is 2.74. The molecule has 50 valence electrons. The highest BCUT2D eigenvalue weighted by molar-refractivity contribution is 14.1. The molecule has 0 bridgehead atoms. The van der Waals surface area contributed by atoms with Gasteiger partial charge in [0.05, 0.1) is 22.3 Å². The molecule has 0 amide bonds. The van der Waals surface area contributed by atoms with Crippen LogP contribution in [0.4, 0.5) is 0 Å². The standard InChI is InChI=1S/C4H5ClIN3/c5-1-4-2-9(3-6)8-7-4/h2H,1,3H2. The smallest absolute Gasteiger partial charge is 0.0974 e. The molecule has 0 fully saturated rings. The molecule has 5 heteroatoms. The molecular weight excluding hydrogens is 252 g/mol. The monoisotopic (exact) mass is 257 g/mol. The van der Waals surface area contributed by atoms with Gasteiger partial charge in [-0.3, -0.25) is 0 Å². The lowest BCUT2D eigenvalue weighted by Crippen LogP contribution is -1.90. The summed E-state index contributed by atoms with van der Waals surface area (Å²) in [5.41, 5.74) is 0.827. The summed E-state index contributed by atoms with van der Waals surface area (Å²) in [5, 5.41) is 7.56. The fraction of sp³-hybridized carbons (Fsp3) is 0.500. The van der Waals surface area contributed by atoms with Crippen LogP contribution in [0.5, 0.6) is 0 Å². The van der Waals surface area contributed by atoms with Crippen molar-refractivity contribution in [2.75, 3.05) is 0 Å². The van der Waals surface area contributed by atoms with Gasteiger partial charge in [-0.25, -0.2) is 4.68 Å². The Morgan fingerprint density at radius 1 is 1.78 bits per heavy atom. The molecule has 1 rings (SSSR count). The van der Waals surface area contributed by atoms with Crippen LogP contribution in [0.25, 0.3) is 0 Å². The fourth-order valence-electron chi connectivity index (χ4n) is 0.458. The molecule has 3 nitrogen and oxygen atoms in total. The van der Waals surface area contributed by atoms with E-state index in [1.807, 2.05) is 6.20 Å². The van der Waals surface area contributed by atoms with Crippen molar-refractivity contribution >= 4 is 34.2 Å². The molecule has 0 atom stereocenters. The summed E-state index contributed by atoms with van der Waals surface area (Å²) in [6.07, 6.45) is 1.83. The minimum absolute atomic E-state index is 0.441. The molecule has 0 radical (unpaired) electrons. The topological polar surface area (TPSA) is 30.7 Å². The normalized spacial score (nSPS) is 10.0.